The number of pyridine rings is 1. The molecule has 3 amide bonds. The molecular weight excluding hydrogens is 475 g/mol. The lowest BCUT2D eigenvalue weighted by atomic mass is 10.0. The second kappa shape index (κ2) is 8.67. The zero-order chi connectivity index (χ0) is 25.6. The summed E-state index contributed by atoms with van der Waals surface area (Å²) in [7, 11) is 0. The van der Waals surface area contributed by atoms with Crippen LogP contribution in [0, 0.1) is 0 Å². The number of ether oxygens (including phenoxy) is 1. The SMILES string of the molecule is CC(C)c1cc(N2C(=O)CN(c3cccc(C(F)(F)F)c3)C2=O)ccc1Oc1ccnc2[nH]ncc12. The fourth-order valence-corrected chi connectivity index (χ4v) is 4.06. The van der Waals surface area contributed by atoms with Gasteiger partial charge in [0.15, 0.2) is 5.65 Å². The minimum Gasteiger partial charge on any atom is -0.456 e. The number of aromatic nitrogens is 3. The molecule has 0 spiro atoms. The molecule has 8 nitrogen and oxygen atoms in total. The Morgan fingerprint density at radius 2 is 1.83 bits per heavy atom. The van der Waals surface area contributed by atoms with E-state index in [2.05, 4.69) is 15.2 Å². The number of hydrogen-bond acceptors (Lipinski definition) is 5. The van der Waals surface area contributed by atoms with Crippen molar-refractivity contribution in [2.24, 2.45) is 0 Å². The van der Waals surface area contributed by atoms with E-state index >= 15 is 0 Å². The molecule has 11 heteroatoms. The van der Waals surface area contributed by atoms with E-state index in [0.717, 1.165) is 27.5 Å². The van der Waals surface area contributed by atoms with Gasteiger partial charge in [0.2, 0.25) is 0 Å². The number of alkyl halides is 3. The zero-order valence-electron chi connectivity index (χ0n) is 19.2. The molecule has 2 aromatic heterocycles. The van der Waals surface area contributed by atoms with Gasteiger partial charge < -0.3 is 4.74 Å². The second-order valence-corrected chi connectivity index (χ2v) is 8.57. The number of imide groups is 1. The van der Waals surface area contributed by atoms with Crippen molar-refractivity contribution >= 4 is 34.3 Å². The number of aromatic amines is 1. The van der Waals surface area contributed by atoms with Gasteiger partial charge in [0.05, 0.1) is 22.8 Å². The Labute approximate surface area is 203 Å². The molecule has 36 heavy (non-hydrogen) atoms. The quantitative estimate of drug-likeness (QED) is 0.350. The molecule has 5 rings (SSSR count). The molecule has 184 valence electrons. The van der Waals surface area contributed by atoms with Gasteiger partial charge in [-0.2, -0.15) is 18.3 Å². The molecule has 1 aliphatic rings. The van der Waals surface area contributed by atoms with Crippen LogP contribution in [0.1, 0.15) is 30.9 Å². The number of nitrogens with zero attached hydrogens (tertiary/aromatic N) is 4. The zero-order valence-corrected chi connectivity index (χ0v) is 19.2. The van der Waals surface area contributed by atoms with Gasteiger partial charge >= 0.3 is 12.2 Å². The van der Waals surface area contributed by atoms with Gasteiger partial charge in [-0.25, -0.2) is 14.7 Å². The normalized spacial score (nSPS) is 14.4. The highest BCUT2D eigenvalue weighted by atomic mass is 19.4. The lowest BCUT2D eigenvalue weighted by Gasteiger charge is -2.20. The standard InChI is InChI=1S/C25H20F3N5O3/c1-14(2)18-11-17(6-7-20(18)36-21-8-9-29-23-19(21)12-30-31-23)33-22(34)13-32(24(33)35)16-5-3-4-15(10-16)25(26,27)28/h3-12,14H,13H2,1-2H3,(H,29,30,31). The first kappa shape index (κ1) is 23.3. The van der Waals surface area contributed by atoms with E-state index in [1.165, 1.54) is 12.1 Å². The number of benzene rings is 2. The number of rotatable bonds is 5. The highest BCUT2D eigenvalue weighted by molar-refractivity contribution is 6.27. The predicted molar refractivity (Wildman–Crippen MR) is 126 cm³/mol. The summed E-state index contributed by atoms with van der Waals surface area (Å²) < 4.78 is 45.6. The summed E-state index contributed by atoms with van der Waals surface area (Å²) >= 11 is 0. The van der Waals surface area contributed by atoms with Crippen molar-refractivity contribution in [3.05, 3.63) is 72.1 Å². The van der Waals surface area contributed by atoms with Gasteiger partial charge in [-0.05, 0) is 53.9 Å². The topological polar surface area (TPSA) is 91.4 Å². The van der Waals surface area contributed by atoms with Gasteiger partial charge in [0, 0.05) is 11.9 Å². The third-order valence-electron chi connectivity index (χ3n) is 5.86. The molecule has 0 radical (unpaired) electrons. The van der Waals surface area contributed by atoms with Gasteiger partial charge in [-0.15, -0.1) is 0 Å². The number of amides is 3. The molecule has 0 saturated carbocycles. The molecule has 1 N–H and O–H groups in total. The van der Waals surface area contributed by atoms with Crippen LogP contribution < -0.4 is 14.5 Å². The van der Waals surface area contributed by atoms with E-state index in [1.807, 2.05) is 13.8 Å². The molecule has 1 aliphatic heterocycles. The summed E-state index contributed by atoms with van der Waals surface area (Å²) in [5, 5.41) is 7.45. The first-order chi connectivity index (χ1) is 17.1. The average molecular weight is 495 g/mol. The lowest BCUT2D eigenvalue weighted by Crippen LogP contribution is -2.33. The minimum absolute atomic E-state index is 0.00322. The van der Waals surface area contributed by atoms with Crippen LogP contribution in [-0.2, 0) is 11.0 Å². The van der Waals surface area contributed by atoms with Crippen molar-refractivity contribution < 1.29 is 27.5 Å². The fraction of sp³-hybridized carbons (Fsp3) is 0.200. The maximum atomic E-state index is 13.2. The average Bonchev–Trinajstić information content (AvgIpc) is 3.43. The van der Waals surface area contributed by atoms with Crippen molar-refractivity contribution in [3.63, 3.8) is 0 Å². The maximum Gasteiger partial charge on any atom is 0.416 e. The van der Waals surface area contributed by atoms with Gasteiger partial charge in [-0.3, -0.25) is 14.8 Å². The Hall–Kier alpha value is -4.41. The van der Waals surface area contributed by atoms with E-state index in [-0.39, 0.29) is 18.2 Å². The van der Waals surface area contributed by atoms with Gasteiger partial charge in [0.1, 0.15) is 18.0 Å². The molecule has 0 atom stereocenters. The Morgan fingerprint density at radius 1 is 1.03 bits per heavy atom. The van der Waals surface area contributed by atoms with Crippen LogP contribution in [0.4, 0.5) is 29.3 Å². The van der Waals surface area contributed by atoms with E-state index in [1.54, 1.807) is 36.7 Å². The van der Waals surface area contributed by atoms with Crippen LogP contribution >= 0.6 is 0 Å². The fourth-order valence-electron chi connectivity index (χ4n) is 4.06. The molecule has 0 unspecified atom stereocenters. The third kappa shape index (κ3) is 4.12. The lowest BCUT2D eigenvalue weighted by molar-refractivity contribution is -0.137. The van der Waals surface area contributed by atoms with E-state index < -0.39 is 23.7 Å². The third-order valence-corrected chi connectivity index (χ3v) is 5.86. The Morgan fingerprint density at radius 3 is 2.58 bits per heavy atom. The van der Waals surface area contributed by atoms with Crippen molar-refractivity contribution in [2.45, 2.75) is 25.9 Å². The first-order valence-corrected chi connectivity index (χ1v) is 11.0. The Bertz CT molecular complexity index is 1480. The predicted octanol–water partition coefficient (Wildman–Crippen LogP) is 5.87. The van der Waals surface area contributed by atoms with Gasteiger partial charge in [0.25, 0.3) is 5.91 Å². The summed E-state index contributed by atoms with van der Waals surface area (Å²) in [5.74, 6) is 0.479. The summed E-state index contributed by atoms with van der Waals surface area (Å²) in [6.07, 6.45) is -1.38. The van der Waals surface area contributed by atoms with Crippen LogP contribution in [0.15, 0.2) is 60.9 Å². The van der Waals surface area contributed by atoms with Crippen LogP contribution in [0.3, 0.4) is 0 Å². The number of anilines is 2. The van der Waals surface area contributed by atoms with E-state index in [4.69, 9.17) is 4.74 Å². The number of halogens is 3. The van der Waals surface area contributed by atoms with Crippen LogP contribution in [0.5, 0.6) is 11.5 Å². The first-order valence-electron chi connectivity index (χ1n) is 11.0. The Balaban J connectivity index is 1.46. The summed E-state index contributed by atoms with van der Waals surface area (Å²) in [6.45, 7) is 3.51. The number of hydrogen-bond donors (Lipinski definition) is 1. The van der Waals surface area contributed by atoms with Crippen LogP contribution in [-0.4, -0.2) is 33.7 Å². The summed E-state index contributed by atoms with van der Waals surface area (Å²) in [6, 6.07) is 10.2. The summed E-state index contributed by atoms with van der Waals surface area (Å²) in [4.78, 5) is 32.2. The van der Waals surface area contributed by atoms with Crippen molar-refractivity contribution in [1.29, 1.82) is 0 Å². The number of carbonyl (C=O) groups excluding carboxylic acids is 2. The van der Waals surface area contributed by atoms with Crippen molar-refractivity contribution in [2.75, 3.05) is 16.3 Å². The van der Waals surface area contributed by atoms with E-state index in [9.17, 15) is 22.8 Å². The molecule has 1 saturated heterocycles. The largest absolute Gasteiger partial charge is 0.456 e. The molecule has 4 aromatic rings. The molecule has 0 bridgehead atoms. The van der Waals surface area contributed by atoms with E-state index in [0.29, 0.717) is 28.2 Å². The van der Waals surface area contributed by atoms with Crippen LogP contribution in [0.25, 0.3) is 11.0 Å². The smallest absolute Gasteiger partial charge is 0.416 e. The molecule has 0 aliphatic carbocycles. The molecule has 3 heterocycles. The Kier molecular flexibility index (Phi) is 5.62. The second-order valence-electron chi connectivity index (χ2n) is 8.57. The number of urea groups is 1. The molecular formula is C25H20F3N5O3. The monoisotopic (exact) mass is 495 g/mol. The number of H-pyrrole nitrogens is 1. The number of nitrogens with one attached hydrogen (secondary N) is 1. The highest BCUT2D eigenvalue weighted by Crippen LogP contribution is 2.38. The van der Waals surface area contributed by atoms with Crippen molar-refractivity contribution in [3.8, 4) is 11.5 Å². The van der Waals surface area contributed by atoms with Gasteiger partial charge in [-0.1, -0.05) is 19.9 Å². The minimum atomic E-state index is -4.57. The molecule has 2 aromatic carbocycles. The number of fused-ring (bicyclic) bond motifs is 1. The maximum absolute atomic E-state index is 13.2. The highest BCUT2D eigenvalue weighted by Gasteiger charge is 2.39. The number of carbonyl (C=O) groups is 2. The summed E-state index contributed by atoms with van der Waals surface area (Å²) in [5.41, 5.74) is 0.706. The van der Waals surface area contributed by atoms with Crippen molar-refractivity contribution in [1.82, 2.24) is 15.2 Å². The molecule has 1 fully saturated rings. The van der Waals surface area contributed by atoms with Crippen LogP contribution in [0.2, 0.25) is 0 Å².